The number of pyridine rings is 1. The molecule has 2 unspecified atom stereocenters. The average molecular weight is 334 g/mol. The Kier molecular flexibility index (Phi) is 4.25. The van der Waals surface area contributed by atoms with E-state index in [0.717, 1.165) is 5.56 Å². The number of carbonyl (C=O) groups is 1. The van der Waals surface area contributed by atoms with E-state index in [0.29, 0.717) is 9.76 Å². The zero-order chi connectivity index (χ0) is 13.3. The summed E-state index contributed by atoms with van der Waals surface area (Å²) in [5.74, 6) is 0.189. The van der Waals surface area contributed by atoms with Crippen molar-refractivity contribution in [1.29, 1.82) is 0 Å². The first kappa shape index (κ1) is 13.8. The fourth-order valence-corrected chi connectivity index (χ4v) is 2.81. The number of hydrogen-bond donors (Lipinski definition) is 1. The number of morpholine rings is 1. The predicted octanol–water partition coefficient (Wildman–Crippen LogP) is 2.71. The van der Waals surface area contributed by atoms with E-state index in [-0.39, 0.29) is 30.6 Å². The summed E-state index contributed by atoms with van der Waals surface area (Å²) in [6.45, 7) is 4.17. The van der Waals surface area contributed by atoms with E-state index in [9.17, 15) is 4.79 Å². The summed E-state index contributed by atoms with van der Waals surface area (Å²) in [6, 6.07) is 3.57. The zero-order valence-electron chi connectivity index (χ0n) is 10.1. The van der Waals surface area contributed by atoms with E-state index >= 15 is 0 Å². The maximum atomic E-state index is 11.4. The number of amides is 1. The van der Waals surface area contributed by atoms with Crippen molar-refractivity contribution in [2.24, 2.45) is 5.92 Å². The molecule has 1 aliphatic heterocycles. The monoisotopic (exact) mass is 332 g/mol. The summed E-state index contributed by atoms with van der Waals surface area (Å²) >= 11 is 9.25. The minimum absolute atomic E-state index is 0.0587. The Labute approximate surface area is 119 Å². The fourth-order valence-electron chi connectivity index (χ4n) is 2.04. The molecule has 1 aromatic rings. The van der Waals surface area contributed by atoms with E-state index in [2.05, 4.69) is 26.2 Å². The normalized spacial score (nSPS) is 24.2. The van der Waals surface area contributed by atoms with Crippen LogP contribution in [0.2, 0.25) is 5.15 Å². The maximum absolute atomic E-state index is 11.4. The zero-order valence-corrected chi connectivity index (χ0v) is 12.5. The molecular weight excluding hydrogens is 320 g/mol. The van der Waals surface area contributed by atoms with Gasteiger partial charge in [0.2, 0.25) is 5.91 Å². The smallest absolute Gasteiger partial charge is 0.246 e. The van der Waals surface area contributed by atoms with E-state index in [1.165, 1.54) is 0 Å². The van der Waals surface area contributed by atoms with Crippen molar-refractivity contribution >= 4 is 33.4 Å². The molecule has 2 atom stereocenters. The Balaban J connectivity index is 2.32. The molecule has 1 saturated heterocycles. The van der Waals surface area contributed by atoms with E-state index in [1.807, 2.05) is 19.9 Å². The minimum Gasteiger partial charge on any atom is -0.362 e. The van der Waals surface area contributed by atoms with Gasteiger partial charge in [-0.05, 0) is 39.5 Å². The molecule has 0 spiro atoms. The van der Waals surface area contributed by atoms with Crippen molar-refractivity contribution in [3.8, 4) is 0 Å². The average Bonchev–Trinajstić information content (AvgIpc) is 2.27. The molecule has 0 aromatic carbocycles. The molecule has 1 aliphatic rings. The van der Waals surface area contributed by atoms with E-state index in [4.69, 9.17) is 16.3 Å². The van der Waals surface area contributed by atoms with Gasteiger partial charge in [-0.25, -0.2) is 4.98 Å². The molecule has 1 N–H and O–H groups in total. The molecule has 1 fully saturated rings. The number of carbonyl (C=O) groups excluding carboxylic acids is 1. The third-order valence-corrected chi connectivity index (χ3v) is 3.48. The molecule has 4 nitrogen and oxygen atoms in total. The first-order valence-electron chi connectivity index (χ1n) is 5.71. The van der Waals surface area contributed by atoms with Crippen molar-refractivity contribution in [3.63, 3.8) is 0 Å². The van der Waals surface area contributed by atoms with Crippen LogP contribution in [0.3, 0.4) is 0 Å². The topological polar surface area (TPSA) is 51.2 Å². The summed E-state index contributed by atoms with van der Waals surface area (Å²) in [4.78, 5) is 15.5. The largest absolute Gasteiger partial charge is 0.362 e. The minimum atomic E-state index is -0.195. The van der Waals surface area contributed by atoms with Crippen LogP contribution in [0.15, 0.2) is 16.7 Å². The molecule has 0 bridgehead atoms. The highest BCUT2D eigenvalue weighted by Gasteiger charge is 2.33. The third-order valence-electron chi connectivity index (χ3n) is 2.88. The second kappa shape index (κ2) is 5.55. The quantitative estimate of drug-likeness (QED) is 0.847. The second-order valence-electron chi connectivity index (χ2n) is 4.61. The van der Waals surface area contributed by atoms with Crippen molar-refractivity contribution < 1.29 is 9.53 Å². The van der Waals surface area contributed by atoms with Gasteiger partial charge < -0.3 is 10.1 Å². The van der Waals surface area contributed by atoms with Gasteiger partial charge in [0, 0.05) is 0 Å². The first-order valence-corrected chi connectivity index (χ1v) is 6.88. The molecule has 0 saturated carbocycles. The number of aromatic nitrogens is 1. The van der Waals surface area contributed by atoms with Crippen LogP contribution in [0.5, 0.6) is 0 Å². The van der Waals surface area contributed by atoms with Gasteiger partial charge in [-0.1, -0.05) is 25.4 Å². The molecule has 1 aromatic heterocycles. The predicted molar refractivity (Wildman–Crippen MR) is 72.4 cm³/mol. The lowest BCUT2D eigenvalue weighted by atomic mass is 9.92. The molecule has 18 heavy (non-hydrogen) atoms. The molecule has 0 aliphatic carbocycles. The van der Waals surface area contributed by atoms with Gasteiger partial charge in [0.15, 0.2) is 0 Å². The maximum Gasteiger partial charge on any atom is 0.246 e. The highest BCUT2D eigenvalue weighted by atomic mass is 79.9. The molecule has 1 amide bonds. The fraction of sp³-hybridized carbons (Fsp3) is 0.500. The van der Waals surface area contributed by atoms with Crippen molar-refractivity contribution in [2.45, 2.75) is 26.0 Å². The van der Waals surface area contributed by atoms with Gasteiger partial charge in [-0.3, -0.25) is 4.79 Å². The lowest BCUT2D eigenvalue weighted by Crippen LogP contribution is -2.50. The highest BCUT2D eigenvalue weighted by molar-refractivity contribution is 9.10. The van der Waals surface area contributed by atoms with Gasteiger partial charge in [0.25, 0.3) is 0 Å². The van der Waals surface area contributed by atoms with E-state index < -0.39 is 0 Å². The Morgan fingerprint density at radius 1 is 1.56 bits per heavy atom. The molecule has 2 heterocycles. The van der Waals surface area contributed by atoms with Crippen LogP contribution in [0, 0.1) is 5.92 Å². The molecule has 2 rings (SSSR count). The van der Waals surface area contributed by atoms with Gasteiger partial charge in [0.05, 0.1) is 6.04 Å². The van der Waals surface area contributed by atoms with Gasteiger partial charge in [-0.2, -0.15) is 0 Å². The number of nitrogens with zero attached hydrogens (tertiary/aromatic N) is 1. The lowest BCUT2D eigenvalue weighted by Gasteiger charge is -2.35. The SMILES string of the molecule is CC(C)C1NC(=O)COC1c1cc(Cl)nc(Br)c1. The summed E-state index contributed by atoms with van der Waals surface area (Å²) in [7, 11) is 0. The molecule has 98 valence electrons. The molecule has 6 heteroatoms. The van der Waals surface area contributed by atoms with Crippen LogP contribution in [-0.2, 0) is 9.53 Å². The van der Waals surface area contributed by atoms with Crippen LogP contribution < -0.4 is 5.32 Å². The summed E-state index contributed by atoms with van der Waals surface area (Å²) in [6.07, 6.45) is -0.195. The second-order valence-corrected chi connectivity index (χ2v) is 5.81. The summed E-state index contributed by atoms with van der Waals surface area (Å²) < 4.78 is 6.30. The lowest BCUT2D eigenvalue weighted by molar-refractivity contribution is -0.138. The summed E-state index contributed by atoms with van der Waals surface area (Å²) in [5.41, 5.74) is 0.917. The Morgan fingerprint density at radius 2 is 2.28 bits per heavy atom. The number of halogens is 2. The van der Waals surface area contributed by atoms with Crippen LogP contribution in [0.4, 0.5) is 0 Å². The van der Waals surface area contributed by atoms with Crippen LogP contribution in [0.1, 0.15) is 25.5 Å². The Bertz CT molecular complexity index is 447. The Hall–Kier alpha value is -0.650. The third kappa shape index (κ3) is 3.02. The van der Waals surface area contributed by atoms with Crippen molar-refractivity contribution in [3.05, 3.63) is 27.5 Å². The molecular formula is C12H14BrClN2O2. The standard InChI is InChI=1S/C12H14BrClN2O2/c1-6(2)11-12(18-5-10(17)16-11)7-3-8(13)15-9(14)4-7/h3-4,6,11-12H,5H2,1-2H3,(H,16,17). The summed E-state index contributed by atoms with van der Waals surface area (Å²) in [5, 5.41) is 3.37. The Morgan fingerprint density at radius 3 is 2.89 bits per heavy atom. The van der Waals surface area contributed by atoms with Crippen molar-refractivity contribution in [1.82, 2.24) is 10.3 Å². The van der Waals surface area contributed by atoms with Gasteiger partial charge in [-0.15, -0.1) is 0 Å². The molecule has 0 radical (unpaired) electrons. The van der Waals surface area contributed by atoms with E-state index in [1.54, 1.807) is 6.07 Å². The number of hydrogen-bond acceptors (Lipinski definition) is 3. The number of nitrogens with one attached hydrogen (secondary N) is 1. The number of rotatable bonds is 2. The van der Waals surface area contributed by atoms with Crippen LogP contribution in [-0.4, -0.2) is 23.5 Å². The number of ether oxygens (including phenoxy) is 1. The van der Waals surface area contributed by atoms with Gasteiger partial charge in [0.1, 0.15) is 22.5 Å². The van der Waals surface area contributed by atoms with Crippen LogP contribution in [0.25, 0.3) is 0 Å². The van der Waals surface area contributed by atoms with Crippen LogP contribution >= 0.6 is 27.5 Å². The highest BCUT2D eigenvalue weighted by Crippen LogP contribution is 2.30. The van der Waals surface area contributed by atoms with Gasteiger partial charge >= 0.3 is 0 Å². The van der Waals surface area contributed by atoms with Crippen molar-refractivity contribution in [2.75, 3.05) is 6.61 Å². The first-order chi connectivity index (χ1) is 8.47.